The van der Waals surface area contributed by atoms with E-state index in [4.69, 9.17) is 16.3 Å². The van der Waals surface area contributed by atoms with Crippen LogP contribution in [0.5, 0.6) is 5.75 Å². The number of ether oxygens (including phenoxy) is 1. The van der Waals surface area contributed by atoms with E-state index >= 15 is 0 Å². The molecule has 0 saturated carbocycles. The van der Waals surface area contributed by atoms with Crippen molar-refractivity contribution in [2.24, 2.45) is 0 Å². The molecule has 8 nitrogen and oxygen atoms in total. The van der Waals surface area contributed by atoms with Crippen molar-refractivity contribution < 1.29 is 19.4 Å². The zero-order valence-electron chi connectivity index (χ0n) is 22.5. The first-order valence-corrected chi connectivity index (χ1v) is 15.4. The number of Topliss-reactive ketones (excluding diaryl/α,β-unsaturated/α-hetero) is 1. The molecule has 0 bridgehead atoms. The van der Waals surface area contributed by atoms with Crippen molar-refractivity contribution in [2.45, 2.75) is 22.7 Å². The molecule has 0 radical (unpaired) electrons. The summed E-state index contributed by atoms with van der Waals surface area (Å²) >= 11 is 8.92. The van der Waals surface area contributed by atoms with Crippen LogP contribution in [0.2, 0.25) is 5.02 Å². The van der Waals surface area contributed by atoms with Gasteiger partial charge in [0, 0.05) is 28.7 Å². The monoisotopic (exact) mass is 626 g/mol. The summed E-state index contributed by atoms with van der Waals surface area (Å²) < 4.78 is 6.54. The predicted octanol–water partition coefficient (Wildman–Crippen LogP) is 7.08. The normalized spacial score (nSPS) is 16.0. The van der Waals surface area contributed by atoms with Gasteiger partial charge in [-0.15, -0.1) is 10.2 Å². The highest BCUT2D eigenvalue weighted by Gasteiger charge is 2.48. The number of benzene rings is 3. The van der Waals surface area contributed by atoms with Crippen LogP contribution in [-0.4, -0.2) is 32.0 Å². The molecule has 1 atom stereocenters. The highest BCUT2D eigenvalue weighted by Crippen LogP contribution is 2.44. The van der Waals surface area contributed by atoms with Gasteiger partial charge in [-0.2, -0.15) is 0 Å². The van der Waals surface area contributed by atoms with Gasteiger partial charge >= 0.3 is 5.91 Å². The molecule has 1 aliphatic rings. The Labute approximate surface area is 260 Å². The molecule has 3 aromatic carbocycles. The van der Waals surface area contributed by atoms with E-state index in [9.17, 15) is 14.7 Å². The van der Waals surface area contributed by atoms with E-state index in [1.54, 1.807) is 36.4 Å². The Hall–Kier alpha value is -4.51. The summed E-state index contributed by atoms with van der Waals surface area (Å²) in [6, 6.07) is 26.6. The van der Waals surface area contributed by atoms with E-state index in [1.165, 1.54) is 40.4 Å². The van der Waals surface area contributed by atoms with Crippen molar-refractivity contribution in [3.8, 4) is 5.75 Å². The molecule has 11 heteroatoms. The third-order valence-corrected chi connectivity index (χ3v) is 9.23. The van der Waals surface area contributed by atoms with E-state index in [0.717, 1.165) is 11.1 Å². The molecular formula is C32H23ClN4O4S2. The first kappa shape index (κ1) is 28.6. The van der Waals surface area contributed by atoms with E-state index in [2.05, 4.69) is 15.2 Å². The smallest absolute Gasteiger partial charge is 0.301 e. The number of aliphatic hydroxyl groups excluding tert-OH is 1. The Morgan fingerprint density at radius 1 is 0.930 bits per heavy atom. The van der Waals surface area contributed by atoms with Crippen LogP contribution in [0.25, 0.3) is 5.76 Å². The molecule has 6 rings (SSSR count). The number of nitrogens with zero attached hydrogens (tertiary/aromatic N) is 4. The summed E-state index contributed by atoms with van der Waals surface area (Å²) in [5.74, 6) is -0.736. The van der Waals surface area contributed by atoms with Crippen LogP contribution in [0, 0.1) is 0 Å². The van der Waals surface area contributed by atoms with E-state index in [1.807, 2.05) is 54.6 Å². The SMILES string of the molecule is O=C1C(=O)N(c2nnc(SCc3ccccc3Cl)s2)C(c2ccc(OCc3ccccc3)cc2)/C1=C(\O)c1ccncc1. The number of aromatic nitrogens is 3. The van der Waals surface area contributed by atoms with Crippen LogP contribution < -0.4 is 9.64 Å². The van der Waals surface area contributed by atoms with Crippen molar-refractivity contribution >= 4 is 57.3 Å². The van der Waals surface area contributed by atoms with Gasteiger partial charge in [0.15, 0.2) is 4.34 Å². The lowest BCUT2D eigenvalue weighted by atomic mass is 9.95. The highest BCUT2D eigenvalue weighted by atomic mass is 35.5. The largest absolute Gasteiger partial charge is 0.507 e. The Bertz CT molecular complexity index is 1800. The lowest BCUT2D eigenvalue weighted by Gasteiger charge is -2.22. The maximum atomic E-state index is 13.5. The second-order valence-electron chi connectivity index (χ2n) is 9.48. The summed E-state index contributed by atoms with van der Waals surface area (Å²) in [5, 5.41) is 20.7. The highest BCUT2D eigenvalue weighted by molar-refractivity contribution is 8.00. The number of aliphatic hydroxyl groups is 1. The number of hydrogen-bond acceptors (Lipinski definition) is 9. The number of hydrogen-bond donors (Lipinski definition) is 1. The molecule has 1 N–H and O–H groups in total. The van der Waals surface area contributed by atoms with Crippen LogP contribution in [0.4, 0.5) is 5.13 Å². The quantitative estimate of drug-likeness (QED) is 0.0608. The van der Waals surface area contributed by atoms with E-state index in [0.29, 0.717) is 38.6 Å². The second kappa shape index (κ2) is 12.8. The van der Waals surface area contributed by atoms with Gasteiger partial charge in [-0.3, -0.25) is 19.5 Å². The molecule has 1 aliphatic heterocycles. The Balaban J connectivity index is 1.33. The maximum absolute atomic E-state index is 13.5. The molecule has 1 unspecified atom stereocenters. The van der Waals surface area contributed by atoms with Crippen LogP contribution in [-0.2, 0) is 21.9 Å². The van der Waals surface area contributed by atoms with Crippen LogP contribution in [0.3, 0.4) is 0 Å². The zero-order valence-corrected chi connectivity index (χ0v) is 24.9. The average Bonchev–Trinajstić information content (AvgIpc) is 3.62. The molecule has 1 saturated heterocycles. The zero-order chi connectivity index (χ0) is 29.8. The fourth-order valence-corrected chi connectivity index (χ4v) is 6.76. The van der Waals surface area contributed by atoms with Gasteiger partial charge in [-0.25, -0.2) is 0 Å². The van der Waals surface area contributed by atoms with Gasteiger partial charge in [-0.05, 0) is 47.0 Å². The van der Waals surface area contributed by atoms with Crippen molar-refractivity contribution in [1.82, 2.24) is 15.2 Å². The summed E-state index contributed by atoms with van der Waals surface area (Å²) in [4.78, 5) is 32.2. The van der Waals surface area contributed by atoms with Gasteiger partial charge in [0.2, 0.25) is 5.13 Å². The minimum absolute atomic E-state index is 0.0466. The van der Waals surface area contributed by atoms with Crippen molar-refractivity contribution in [2.75, 3.05) is 4.90 Å². The number of carbonyl (C=O) groups is 2. The topological polar surface area (TPSA) is 106 Å². The number of halogens is 1. The maximum Gasteiger partial charge on any atom is 0.301 e. The third kappa shape index (κ3) is 6.17. The third-order valence-electron chi connectivity index (χ3n) is 6.75. The number of carbonyl (C=O) groups excluding carboxylic acids is 2. The molecule has 5 aromatic rings. The molecule has 0 spiro atoms. The minimum Gasteiger partial charge on any atom is -0.507 e. The number of rotatable bonds is 9. The standard InChI is InChI=1S/C32H23ClN4O4S2/c33-25-9-5-4-8-23(25)19-42-32-36-35-31(43-32)37-27(26(29(39)30(37)40)28(38)22-14-16-34-17-15-22)21-10-12-24(13-11-21)41-18-20-6-2-1-3-7-20/h1-17,27,38H,18-19H2/b28-26+. The average molecular weight is 627 g/mol. The fourth-order valence-electron chi connectivity index (χ4n) is 4.61. The van der Waals surface area contributed by atoms with Crippen molar-refractivity contribution in [3.05, 3.63) is 136 Å². The summed E-state index contributed by atoms with van der Waals surface area (Å²) in [6.45, 7) is 0.389. The first-order chi connectivity index (χ1) is 21.0. The van der Waals surface area contributed by atoms with Crippen LogP contribution in [0.1, 0.15) is 28.3 Å². The molecule has 1 fully saturated rings. The predicted molar refractivity (Wildman–Crippen MR) is 167 cm³/mol. The number of ketones is 1. The van der Waals surface area contributed by atoms with Crippen LogP contribution in [0.15, 0.2) is 113 Å². The van der Waals surface area contributed by atoms with Crippen molar-refractivity contribution in [3.63, 3.8) is 0 Å². The van der Waals surface area contributed by atoms with Gasteiger partial charge in [0.25, 0.3) is 5.78 Å². The molecular weight excluding hydrogens is 604 g/mol. The van der Waals surface area contributed by atoms with E-state index < -0.39 is 17.7 Å². The molecule has 214 valence electrons. The van der Waals surface area contributed by atoms with Crippen molar-refractivity contribution in [1.29, 1.82) is 0 Å². The Kier molecular flexibility index (Phi) is 8.50. The summed E-state index contributed by atoms with van der Waals surface area (Å²) in [7, 11) is 0. The second-order valence-corrected chi connectivity index (χ2v) is 12.1. The molecule has 0 aliphatic carbocycles. The van der Waals surface area contributed by atoms with Gasteiger partial charge in [-0.1, -0.05) is 95.4 Å². The summed E-state index contributed by atoms with van der Waals surface area (Å²) in [6.07, 6.45) is 3.01. The van der Waals surface area contributed by atoms with E-state index in [-0.39, 0.29) is 16.5 Å². The number of pyridine rings is 1. The van der Waals surface area contributed by atoms with Gasteiger partial charge in [0.05, 0.1) is 11.6 Å². The number of anilines is 1. The Morgan fingerprint density at radius 2 is 1.65 bits per heavy atom. The Morgan fingerprint density at radius 3 is 2.40 bits per heavy atom. The molecule has 3 heterocycles. The fraction of sp³-hybridized carbons (Fsp3) is 0.0938. The molecule has 1 amide bonds. The van der Waals surface area contributed by atoms with Gasteiger partial charge in [0.1, 0.15) is 18.1 Å². The lowest BCUT2D eigenvalue weighted by molar-refractivity contribution is -0.132. The van der Waals surface area contributed by atoms with Gasteiger partial charge < -0.3 is 9.84 Å². The number of amides is 1. The number of thioether (sulfide) groups is 1. The first-order valence-electron chi connectivity index (χ1n) is 13.2. The minimum atomic E-state index is -0.939. The molecule has 2 aromatic heterocycles. The molecule has 43 heavy (non-hydrogen) atoms. The van der Waals surface area contributed by atoms with Crippen LogP contribution >= 0.6 is 34.7 Å². The lowest BCUT2D eigenvalue weighted by Crippen LogP contribution is -2.29. The summed E-state index contributed by atoms with van der Waals surface area (Å²) in [5.41, 5.74) is 2.89.